The molecule has 1 aromatic heterocycles. The van der Waals surface area contributed by atoms with E-state index in [1.807, 2.05) is 63.5 Å². The zero-order valence-corrected chi connectivity index (χ0v) is 21.0. The van der Waals surface area contributed by atoms with Crippen LogP contribution in [0.15, 0.2) is 54.7 Å². The van der Waals surface area contributed by atoms with Crippen molar-refractivity contribution >= 4 is 23.4 Å². The average molecular weight is 486 g/mol. The first kappa shape index (κ1) is 23.8. The van der Waals surface area contributed by atoms with Crippen LogP contribution in [0.1, 0.15) is 50.4 Å². The molecule has 36 heavy (non-hydrogen) atoms. The summed E-state index contributed by atoms with van der Waals surface area (Å²) in [4.78, 5) is 45.2. The van der Waals surface area contributed by atoms with Gasteiger partial charge in [-0.15, -0.1) is 0 Å². The van der Waals surface area contributed by atoms with Crippen molar-refractivity contribution in [1.82, 2.24) is 19.6 Å². The molecule has 0 radical (unpaired) electrons. The van der Waals surface area contributed by atoms with Crippen molar-refractivity contribution < 1.29 is 14.4 Å². The van der Waals surface area contributed by atoms with E-state index in [0.717, 1.165) is 41.9 Å². The van der Waals surface area contributed by atoms with Gasteiger partial charge in [-0.25, -0.2) is 0 Å². The fourth-order valence-corrected chi connectivity index (χ4v) is 5.24. The van der Waals surface area contributed by atoms with Crippen LogP contribution in [0.5, 0.6) is 0 Å². The monoisotopic (exact) mass is 485 g/mol. The number of carbonyl (C=O) groups excluding carboxylic acids is 3. The van der Waals surface area contributed by atoms with E-state index in [2.05, 4.69) is 10.00 Å². The highest BCUT2D eigenvalue weighted by Gasteiger charge is 2.40. The van der Waals surface area contributed by atoms with Crippen molar-refractivity contribution in [2.75, 3.05) is 25.0 Å². The summed E-state index contributed by atoms with van der Waals surface area (Å²) in [5, 5.41) is 4.24. The number of hydrogen-bond donors (Lipinski definition) is 0. The molecule has 1 unspecified atom stereocenters. The van der Waals surface area contributed by atoms with Crippen LogP contribution >= 0.6 is 0 Å². The molecule has 0 aliphatic carbocycles. The highest BCUT2D eigenvalue weighted by molar-refractivity contribution is 6.23. The summed E-state index contributed by atoms with van der Waals surface area (Å²) in [5.74, 6) is -0.632. The van der Waals surface area contributed by atoms with Crippen molar-refractivity contribution in [3.8, 4) is 0 Å². The Hall–Kier alpha value is -3.94. The van der Waals surface area contributed by atoms with Crippen LogP contribution in [-0.4, -0.2) is 57.4 Å². The molecule has 1 saturated heterocycles. The minimum absolute atomic E-state index is 0.104. The molecule has 0 saturated carbocycles. The molecule has 2 aliphatic rings. The Morgan fingerprint density at radius 2 is 1.86 bits per heavy atom. The molecule has 0 bridgehead atoms. The van der Waals surface area contributed by atoms with E-state index >= 15 is 0 Å². The second kappa shape index (κ2) is 9.60. The van der Waals surface area contributed by atoms with Gasteiger partial charge in [0.1, 0.15) is 0 Å². The lowest BCUT2D eigenvalue weighted by atomic mass is 9.94. The number of rotatable bonds is 6. The first-order chi connectivity index (χ1) is 17.3. The van der Waals surface area contributed by atoms with Gasteiger partial charge in [-0.3, -0.25) is 24.0 Å². The Morgan fingerprint density at radius 1 is 1.08 bits per heavy atom. The van der Waals surface area contributed by atoms with E-state index in [9.17, 15) is 14.4 Å². The van der Waals surface area contributed by atoms with Crippen molar-refractivity contribution in [3.05, 3.63) is 82.7 Å². The second-order valence-electron chi connectivity index (χ2n) is 9.74. The molecule has 3 aromatic rings. The fraction of sp³-hybridized carbons (Fsp3) is 0.357. The summed E-state index contributed by atoms with van der Waals surface area (Å²) in [7, 11) is 3.68. The number of nitrogens with zero attached hydrogens (tertiary/aromatic N) is 5. The normalized spacial score (nSPS) is 17.5. The predicted molar refractivity (Wildman–Crippen MR) is 136 cm³/mol. The van der Waals surface area contributed by atoms with E-state index in [-0.39, 0.29) is 30.2 Å². The maximum Gasteiger partial charge on any atom is 0.263 e. The minimum Gasteiger partial charge on any atom is -0.370 e. The van der Waals surface area contributed by atoms with Gasteiger partial charge >= 0.3 is 0 Å². The quantitative estimate of drug-likeness (QED) is 0.500. The molecule has 1 atom stereocenters. The number of hydrogen-bond acceptors (Lipinski definition) is 5. The van der Waals surface area contributed by atoms with Crippen molar-refractivity contribution in [2.24, 2.45) is 13.0 Å². The third-order valence-electron chi connectivity index (χ3n) is 7.39. The van der Waals surface area contributed by atoms with Gasteiger partial charge in [0.05, 0.1) is 35.5 Å². The maximum atomic E-state index is 13.5. The van der Waals surface area contributed by atoms with Gasteiger partial charge in [0, 0.05) is 45.0 Å². The van der Waals surface area contributed by atoms with Crippen LogP contribution in [0.3, 0.4) is 0 Å². The molecule has 3 heterocycles. The van der Waals surface area contributed by atoms with E-state index in [4.69, 9.17) is 0 Å². The number of imide groups is 1. The highest BCUT2D eigenvalue weighted by atomic mass is 16.2. The van der Waals surface area contributed by atoms with Gasteiger partial charge in [0.15, 0.2) is 0 Å². The SMILES string of the molecule is Cc1c(CN2C(=O)c3cccc(N4CCCC(C(=O)N(C)Cc5ccccc5)C4)c3C2=O)cnn1C. The zero-order chi connectivity index (χ0) is 25.4. The smallest absolute Gasteiger partial charge is 0.263 e. The lowest BCUT2D eigenvalue weighted by Gasteiger charge is -2.36. The Bertz CT molecular complexity index is 1320. The first-order valence-corrected chi connectivity index (χ1v) is 12.4. The third kappa shape index (κ3) is 4.27. The molecule has 0 N–H and O–H groups in total. The van der Waals surface area contributed by atoms with Crippen LogP contribution < -0.4 is 4.90 Å². The Morgan fingerprint density at radius 3 is 2.58 bits per heavy atom. The molecule has 1 fully saturated rings. The molecule has 3 amide bonds. The highest BCUT2D eigenvalue weighted by Crippen LogP contribution is 2.35. The van der Waals surface area contributed by atoms with Gasteiger partial charge in [-0.2, -0.15) is 5.10 Å². The van der Waals surface area contributed by atoms with Crippen LogP contribution in [-0.2, 0) is 24.9 Å². The Kier molecular flexibility index (Phi) is 6.35. The third-order valence-corrected chi connectivity index (χ3v) is 7.39. The molecule has 2 aliphatic heterocycles. The summed E-state index contributed by atoms with van der Waals surface area (Å²) in [6, 6.07) is 15.4. The molecule has 0 spiro atoms. The number of aryl methyl sites for hydroxylation is 1. The summed E-state index contributed by atoms with van der Waals surface area (Å²) in [6.07, 6.45) is 3.36. The Balaban J connectivity index is 1.34. The summed E-state index contributed by atoms with van der Waals surface area (Å²) >= 11 is 0. The second-order valence-corrected chi connectivity index (χ2v) is 9.74. The Labute approximate surface area is 211 Å². The molecular weight excluding hydrogens is 454 g/mol. The van der Waals surface area contributed by atoms with Crippen LogP contribution in [0, 0.1) is 12.8 Å². The number of piperidine rings is 1. The lowest BCUT2D eigenvalue weighted by Crippen LogP contribution is -2.44. The van der Waals surface area contributed by atoms with Crippen LogP contribution in [0.2, 0.25) is 0 Å². The number of benzene rings is 2. The summed E-state index contributed by atoms with van der Waals surface area (Å²) < 4.78 is 1.73. The van der Waals surface area contributed by atoms with E-state index in [1.54, 1.807) is 21.8 Å². The zero-order valence-electron chi connectivity index (χ0n) is 21.0. The van der Waals surface area contributed by atoms with Crippen molar-refractivity contribution in [1.29, 1.82) is 0 Å². The minimum atomic E-state index is -0.288. The van der Waals surface area contributed by atoms with Gasteiger partial charge in [0.25, 0.3) is 11.8 Å². The molecule has 186 valence electrons. The first-order valence-electron chi connectivity index (χ1n) is 12.4. The molecule has 8 heteroatoms. The maximum absolute atomic E-state index is 13.5. The largest absolute Gasteiger partial charge is 0.370 e. The lowest BCUT2D eigenvalue weighted by molar-refractivity contribution is -0.135. The number of fused-ring (bicyclic) bond motifs is 1. The van der Waals surface area contributed by atoms with Crippen LogP contribution in [0.4, 0.5) is 5.69 Å². The van der Waals surface area contributed by atoms with E-state index in [1.165, 1.54) is 4.90 Å². The summed E-state index contributed by atoms with van der Waals surface area (Å²) in [5.41, 5.74) is 4.46. The topological polar surface area (TPSA) is 78.8 Å². The molecule has 5 rings (SSSR count). The van der Waals surface area contributed by atoms with E-state index in [0.29, 0.717) is 24.2 Å². The van der Waals surface area contributed by atoms with Crippen molar-refractivity contribution in [3.63, 3.8) is 0 Å². The van der Waals surface area contributed by atoms with Crippen LogP contribution in [0.25, 0.3) is 0 Å². The standard InChI is InChI=1S/C28H31N5O3/c1-19-22(15-29-31(19)3)18-33-27(35)23-12-7-13-24(25(23)28(33)36)32-14-8-11-21(17-32)26(34)30(2)16-20-9-5-4-6-10-20/h4-7,9-10,12-13,15,21H,8,11,14,16-18H2,1-3H3. The predicted octanol–water partition coefficient (Wildman–Crippen LogP) is 3.40. The van der Waals surface area contributed by atoms with E-state index < -0.39 is 0 Å². The van der Waals surface area contributed by atoms with Gasteiger partial charge < -0.3 is 9.80 Å². The van der Waals surface area contributed by atoms with Gasteiger partial charge in [-0.05, 0) is 37.5 Å². The number of aromatic nitrogens is 2. The number of anilines is 1. The summed E-state index contributed by atoms with van der Waals surface area (Å²) in [6.45, 7) is 3.94. The number of carbonyl (C=O) groups is 3. The van der Waals surface area contributed by atoms with Crippen molar-refractivity contribution in [2.45, 2.75) is 32.9 Å². The average Bonchev–Trinajstić information content (AvgIpc) is 3.35. The molecule has 8 nitrogen and oxygen atoms in total. The van der Waals surface area contributed by atoms with Gasteiger partial charge in [-0.1, -0.05) is 36.4 Å². The number of amides is 3. The fourth-order valence-electron chi connectivity index (χ4n) is 5.24. The molecule has 2 aromatic carbocycles. The van der Waals surface area contributed by atoms with Gasteiger partial charge in [0.2, 0.25) is 5.91 Å². The molecular formula is C28H31N5O3.